The molecule has 0 aromatic heterocycles. The normalized spacial score (nSPS) is 23.2. The largest absolute Gasteiger partial charge is 0.371 e. The third kappa shape index (κ3) is 4.46. The van der Waals surface area contributed by atoms with Crippen molar-refractivity contribution in [2.75, 3.05) is 29.9 Å². The lowest BCUT2D eigenvalue weighted by atomic mass is 9.73. The molecule has 2 amide bonds. The van der Waals surface area contributed by atoms with E-state index in [0.717, 1.165) is 61.2 Å². The molecule has 4 nitrogen and oxygen atoms in total. The summed E-state index contributed by atoms with van der Waals surface area (Å²) >= 11 is 0. The summed E-state index contributed by atoms with van der Waals surface area (Å²) in [5, 5.41) is 5.88. The Morgan fingerprint density at radius 3 is 2.74 bits per heavy atom. The second-order valence-electron chi connectivity index (χ2n) is 9.52. The molecule has 0 fully saturated rings. The van der Waals surface area contributed by atoms with E-state index < -0.39 is 0 Å². The topological polar surface area (TPSA) is 44.4 Å². The first kappa shape index (κ1) is 22.6. The second-order valence-corrected chi connectivity index (χ2v) is 9.52. The Morgan fingerprint density at radius 1 is 1.12 bits per heavy atom. The molecule has 3 aliphatic rings. The number of hydrogen-bond donors (Lipinski definition) is 2. The zero-order chi connectivity index (χ0) is 23.7. The number of carbonyl (C=O) groups is 1. The highest BCUT2D eigenvalue weighted by Gasteiger charge is 2.37. The molecule has 5 rings (SSSR count). The number of benzene rings is 2. The van der Waals surface area contributed by atoms with Gasteiger partial charge in [-0.2, -0.15) is 0 Å². The van der Waals surface area contributed by atoms with E-state index in [9.17, 15) is 13.6 Å². The van der Waals surface area contributed by atoms with Crippen LogP contribution in [0, 0.1) is 11.7 Å². The van der Waals surface area contributed by atoms with Gasteiger partial charge in [-0.25, -0.2) is 13.6 Å². The van der Waals surface area contributed by atoms with Gasteiger partial charge in [-0.15, -0.1) is 0 Å². The second kappa shape index (κ2) is 9.61. The molecule has 2 heterocycles. The first-order chi connectivity index (χ1) is 16.5. The summed E-state index contributed by atoms with van der Waals surface area (Å²) in [5.41, 5.74) is 5.12. The van der Waals surface area contributed by atoms with E-state index in [1.54, 1.807) is 18.2 Å². The standard InChI is InChI=1S/C28H31F2N3O/c1-2-11-31-28(34)32-22-16-25-23(18-5-3-7-20(29)14-18)9-12-33-13-10-24(26(17-22)27(25)33)19-6-4-8-21(30)15-19/h3-5,7-8,14-17,19,23-24H,2,6,9-13H2,1H3,(H2,31,32,34)/t19?,23-,24-/m0/s1. The van der Waals surface area contributed by atoms with Crippen molar-refractivity contribution in [3.8, 4) is 0 Å². The van der Waals surface area contributed by atoms with Crippen LogP contribution in [0.5, 0.6) is 0 Å². The number of halogens is 2. The Morgan fingerprint density at radius 2 is 1.94 bits per heavy atom. The van der Waals surface area contributed by atoms with Crippen LogP contribution in [0.15, 0.2) is 60.5 Å². The fraction of sp³-hybridized carbons (Fsp3) is 0.393. The van der Waals surface area contributed by atoms with E-state index >= 15 is 0 Å². The molecule has 0 saturated heterocycles. The maximum Gasteiger partial charge on any atom is 0.319 e. The molecule has 2 aliphatic heterocycles. The van der Waals surface area contributed by atoms with Gasteiger partial charge in [0.05, 0.1) is 0 Å². The smallest absolute Gasteiger partial charge is 0.319 e. The molecule has 3 atom stereocenters. The summed E-state index contributed by atoms with van der Waals surface area (Å²) in [6.07, 6.45) is 8.67. The van der Waals surface area contributed by atoms with Crippen molar-refractivity contribution in [3.63, 3.8) is 0 Å². The van der Waals surface area contributed by atoms with Crippen LogP contribution in [0.3, 0.4) is 0 Å². The molecule has 0 spiro atoms. The van der Waals surface area contributed by atoms with Gasteiger partial charge in [0.25, 0.3) is 0 Å². The molecule has 0 radical (unpaired) electrons. The minimum absolute atomic E-state index is 0.0402. The molecule has 1 aliphatic carbocycles. The van der Waals surface area contributed by atoms with E-state index in [4.69, 9.17) is 0 Å². The Kier molecular flexibility index (Phi) is 6.40. The molecule has 2 N–H and O–H groups in total. The maximum absolute atomic E-state index is 14.2. The number of amides is 2. The third-order valence-corrected chi connectivity index (χ3v) is 7.28. The van der Waals surface area contributed by atoms with E-state index in [1.165, 1.54) is 17.8 Å². The van der Waals surface area contributed by atoms with Gasteiger partial charge in [-0.1, -0.05) is 25.1 Å². The number of allylic oxidation sites excluding steroid dienone is 4. The average Bonchev–Trinajstić information content (AvgIpc) is 2.83. The molecular formula is C28H31F2N3O. The van der Waals surface area contributed by atoms with Crippen molar-refractivity contribution >= 4 is 17.4 Å². The number of hydrogen-bond acceptors (Lipinski definition) is 2. The van der Waals surface area contributed by atoms with Gasteiger partial charge in [0, 0.05) is 36.9 Å². The van der Waals surface area contributed by atoms with Crippen LogP contribution >= 0.6 is 0 Å². The third-order valence-electron chi connectivity index (χ3n) is 7.28. The average molecular weight is 464 g/mol. The lowest BCUT2D eigenvalue weighted by Crippen LogP contribution is -2.39. The van der Waals surface area contributed by atoms with Crippen molar-refractivity contribution in [2.24, 2.45) is 5.92 Å². The highest BCUT2D eigenvalue weighted by Crippen LogP contribution is 2.51. The van der Waals surface area contributed by atoms with Crippen LogP contribution in [0.1, 0.15) is 61.1 Å². The Hall–Kier alpha value is -3.15. The van der Waals surface area contributed by atoms with Crippen molar-refractivity contribution in [1.82, 2.24) is 5.32 Å². The molecule has 178 valence electrons. The van der Waals surface area contributed by atoms with E-state index in [2.05, 4.69) is 21.6 Å². The molecule has 1 unspecified atom stereocenters. The van der Waals surface area contributed by atoms with Gasteiger partial charge in [-0.3, -0.25) is 0 Å². The van der Waals surface area contributed by atoms with E-state index in [1.807, 2.05) is 25.1 Å². The first-order valence-electron chi connectivity index (χ1n) is 12.3. The number of urea groups is 1. The summed E-state index contributed by atoms with van der Waals surface area (Å²) in [4.78, 5) is 14.9. The zero-order valence-electron chi connectivity index (χ0n) is 19.5. The van der Waals surface area contributed by atoms with Crippen LogP contribution in [0.2, 0.25) is 0 Å². The number of nitrogens with one attached hydrogen (secondary N) is 2. The number of carbonyl (C=O) groups excluding carboxylic acids is 1. The van der Waals surface area contributed by atoms with Gasteiger partial charge < -0.3 is 15.5 Å². The van der Waals surface area contributed by atoms with Crippen molar-refractivity contribution in [1.29, 1.82) is 0 Å². The lowest BCUT2D eigenvalue weighted by Gasteiger charge is -2.44. The fourth-order valence-electron chi connectivity index (χ4n) is 5.77. The molecule has 2 aromatic carbocycles. The van der Waals surface area contributed by atoms with Crippen molar-refractivity contribution in [2.45, 2.75) is 44.4 Å². The predicted octanol–water partition coefficient (Wildman–Crippen LogP) is 6.62. The summed E-state index contributed by atoms with van der Waals surface area (Å²) < 4.78 is 28.3. The summed E-state index contributed by atoms with van der Waals surface area (Å²) in [6, 6.07) is 10.7. The molecule has 2 aromatic rings. The number of nitrogens with zero attached hydrogens (tertiary/aromatic N) is 1. The van der Waals surface area contributed by atoms with Crippen LogP contribution in [0.4, 0.5) is 25.0 Å². The quantitative estimate of drug-likeness (QED) is 0.524. The maximum atomic E-state index is 14.2. The first-order valence-corrected chi connectivity index (χ1v) is 12.3. The number of anilines is 2. The Balaban J connectivity index is 1.60. The van der Waals surface area contributed by atoms with Crippen LogP contribution in [0.25, 0.3) is 0 Å². The SMILES string of the molecule is CCCNC(=O)Nc1cc2c3c(c1)[C@H](C1C=C(F)C=CC1)CCN3CC[C@H]2c1cccc(F)c1. The lowest BCUT2D eigenvalue weighted by molar-refractivity contribution is 0.252. The van der Waals surface area contributed by atoms with Crippen molar-refractivity contribution in [3.05, 3.63) is 83.0 Å². The number of rotatable bonds is 5. The molecule has 0 bridgehead atoms. The predicted molar refractivity (Wildman–Crippen MR) is 133 cm³/mol. The zero-order valence-corrected chi connectivity index (χ0v) is 19.5. The Bertz CT molecular complexity index is 1140. The van der Waals surface area contributed by atoms with E-state index in [-0.39, 0.29) is 35.4 Å². The van der Waals surface area contributed by atoms with Crippen molar-refractivity contribution < 1.29 is 13.6 Å². The molecule has 34 heavy (non-hydrogen) atoms. The van der Waals surface area contributed by atoms with Crippen LogP contribution in [-0.2, 0) is 0 Å². The molecule has 0 saturated carbocycles. The van der Waals surface area contributed by atoms with E-state index in [0.29, 0.717) is 6.54 Å². The van der Waals surface area contributed by atoms with Gasteiger partial charge in [0.1, 0.15) is 11.6 Å². The van der Waals surface area contributed by atoms with Gasteiger partial charge in [0.15, 0.2) is 0 Å². The highest BCUT2D eigenvalue weighted by molar-refractivity contribution is 5.90. The minimum atomic E-state index is -0.241. The van der Waals surface area contributed by atoms with Crippen LogP contribution < -0.4 is 15.5 Å². The minimum Gasteiger partial charge on any atom is -0.371 e. The van der Waals surface area contributed by atoms with Crippen LogP contribution in [-0.4, -0.2) is 25.7 Å². The van der Waals surface area contributed by atoms with Gasteiger partial charge in [0.2, 0.25) is 0 Å². The monoisotopic (exact) mass is 463 g/mol. The Labute approximate surface area is 199 Å². The molecular weight excluding hydrogens is 432 g/mol. The summed E-state index contributed by atoms with van der Waals surface area (Å²) in [5.74, 6) is -0.145. The highest BCUT2D eigenvalue weighted by atomic mass is 19.1. The summed E-state index contributed by atoms with van der Waals surface area (Å²) in [6.45, 7) is 4.42. The molecule has 6 heteroatoms. The summed E-state index contributed by atoms with van der Waals surface area (Å²) in [7, 11) is 0. The van der Waals surface area contributed by atoms with Gasteiger partial charge >= 0.3 is 6.03 Å². The fourth-order valence-corrected chi connectivity index (χ4v) is 5.77. The van der Waals surface area contributed by atoms with Gasteiger partial charge in [-0.05, 0) is 90.6 Å².